The van der Waals surface area contributed by atoms with E-state index in [9.17, 15) is 26.7 Å². The van der Waals surface area contributed by atoms with Crippen molar-refractivity contribution in [1.82, 2.24) is 14.9 Å². The Hall–Kier alpha value is -2.35. The van der Waals surface area contributed by atoms with Crippen LogP contribution in [-0.2, 0) is 31.4 Å². The molecule has 0 radical (unpaired) electrons. The number of aliphatic hydroxyl groups excluding tert-OH is 1. The molecule has 10 nitrogen and oxygen atoms in total. The summed E-state index contributed by atoms with van der Waals surface area (Å²) in [5, 5.41) is 14.5. The molecule has 13 heteroatoms. The van der Waals surface area contributed by atoms with Crippen LogP contribution in [0, 0.1) is 11.8 Å². The van der Waals surface area contributed by atoms with Gasteiger partial charge in [-0.2, -0.15) is 8.42 Å². The molecule has 0 spiro atoms. The molecule has 36 heavy (non-hydrogen) atoms. The normalized spacial score (nSPS) is 27.9. The van der Waals surface area contributed by atoms with E-state index in [1.54, 1.807) is 4.90 Å². The predicted molar refractivity (Wildman–Crippen MR) is 138 cm³/mol. The van der Waals surface area contributed by atoms with Gasteiger partial charge in [-0.15, -0.1) is 16.2 Å². The number of carbonyl (C=O) groups is 1. The van der Waals surface area contributed by atoms with Crippen molar-refractivity contribution < 1.29 is 26.7 Å². The SMILES string of the molecule is CS(=O)(=O)NCC1CSC2=C1S(=O)(=O)N=C(C1=C(O)C3CCCCC3N(Cc3ccccc3)C1=O)N2. The summed E-state index contributed by atoms with van der Waals surface area (Å²) in [7, 11) is -7.69. The van der Waals surface area contributed by atoms with Gasteiger partial charge in [-0.3, -0.25) is 4.79 Å². The molecule has 0 aromatic heterocycles. The molecule has 1 aromatic rings. The molecule has 3 heterocycles. The topological polar surface area (TPSA) is 145 Å². The molecule has 3 N–H and O–H groups in total. The van der Waals surface area contributed by atoms with Crippen molar-refractivity contribution in [2.45, 2.75) is 38.3 Å². The Balaban J connectivity index is 1.49. The van der Waals surface area contributed by atoms with Crippen LogP contribution in [-0.4, -0.2) is 63.2 Å². The first-order valence-electron chi connectivity index (χ1n) is 11.8. The zero-order valence-electron chi connectivity index (χ0n) is 19.7. The number of nitrogens with one attached hydrogen (secondary N) is 2. The fourth-order valence-corrected chi connectivity index (χ4v) is 8.92. The third-order valence-electron chi connectivity index (χ3n) is 6.98. The van der Waals surface area contributed by atoms with Gasteiger partial charge in [0.05, 0.1) is 11.3 Å². The number of hydrogen-bond donors (Lipinski definition) is 3. The van der Waals surface area contributed by atoms with Crippen LogP contribution < -0.4 is 10.0 Å². The highest BCUT2D eigenvalue weighted by Gasteiger charge is 2.47. The van der Waals surface area contributed by atoms with E-state index in [4.69, 9.17) is 0 Å². The first-order chi connectivity index (χ1) is 17.0. The number of sulfonamides is 2. The van der Waals surface area contributed by atoms with E-state index in [-0.39, 0.29) is 40.6 Å². The largest absolute Gasteiger partial charge is 0.511 e. The number of carbonyl (C=O) groups excluding carboxylic acids is 1. The molecule has 3 atom stereocenters. The molecular formula is C23H28N4O6S3. The summed E-state index contributed by atoms with van der Waals surface area (Å²) in [5.74, 6) is -1.29. The lowest BCUT2D eigenvalue weighted by molar-refractivity contribution is -0.133. The van der Waals surface area contributed by atoms with E-state index in [1.165, 1.54) is 11.8 Å². The summed E-state index contributed by atoms with van der Waals surface area (Å²) >= 11 is 1.23. The van der Waals surface area contributed by atoms with Gasteiger partial charge in [-0.25, -0.2) is 13.1 Å². The summed E-state index contributed by atoms with van der Waals surface area (Å²) in [4.78, 5) is 15.5. The summed E-state index contributed by atoms with van der Waals surface area (Å²) in [6, 6.07) is 9.39. The van der Waals surface area contributed by atoms with Crippen LogP contribution in [0.15, 0.2) is 56.0 Å². The van der Waals surface area contributed by atoms with E-state index in [0.717, 1.165) is 31.1 Å². The monoisotopic (exact) mass is 552 g/mol. The number of amidine groups is 1. The first-order valence-corrected chi connectivity index (χ1v) is 16.1. The Bertz CT molecular complexity index is 1390. The van der Waals surface area contributed by atoms with Crippen LogP contribution >= 0.6 is 11.8 Å². The lowest BCUT2D eigenvalue weighted by atomic mass is 9.78. The van der Waals surface area contributed by atoms with Gasteiger partial charge in [0.2, 0.25) is 10.0 Å². The summed E-state index contributed by atoms with van der Waals surface area (Å²) < 4.78 is 55.7. The van der Waals surface area contributed by atoms with Crippen LogP contribution in [0.1, 0.15) is 31.2 Å². The van der Waals surface area contributed by atoms with E-state index in [1.807, 2.05) is 30.3 Å². The molecule has 0 saturated heterocycles. The van der Waals surface area contributed by atoms with Gasteiger partial charge in [0.25, 0.3) is 15.9 Å². The highest BCUT2D eigenvalue weighted by atomic mass is 32.2. The van der Waals surface area contributed by atoms with Crippen molar-refractivity contribution in [3.05, 3.63) is 57.2 Å². The maximum atomic E-state index is 13.8. The van der Waals surface area contributed by atoms with Gasteiger partial charge in [0, 0.05) is 36.7 Å². The lowest BCUT2D eigenvalue weighted by Crippen LogP contribution is -2.53. The van der Waals surface area contributed by atoms with Crippen molar-refractivity contribution in [2.24, 2.45) is 16.2 Å². The Morgan fingerprint density at radius 3 is 2.67 bits per heavy atom. The van der Waals surface area contributed by atoms with Crippen LogP contribution in [0.2, 0.25) is 0 Å². The van der Waals surface area contributed by atoms with E-state index >= 15 is 0 Å². The molecular weight excluding hydrogens is 524 g/mol. The summed E-state index contributed by atoms with van der Waals surface area (Å²) in [6.45, 7) is 0.275. The average Bonchev–Trinajstić information content (AvgIpc) is 3.25. The molecule has 1 amide bonds. The maximum Gasteiger partial charge on any atom is 0.283 e. The van der Waals surface area contributed by atoms with Crippen LogP contribution in [0.3, 0.4) is 0 Å². The lowest BCUT2D eigenvalue weighted by Gasteiger charge is -2.44. The van der Waals surface area contributed by atoms with Crippen LogP contribution in [0.4, 0.5) is 0 Å². The minimum atomic E-state index is -4.19. The van der Waals surface area contributed by atoms with Gasteiger partial charge < -0.3 is 15.3 Å². The Morgan fingerprint density at radius 2 is 1.94 bits per heavy atom. The van der Waals surface area contributed by atoms with Crippen molar-refractivity contribution >= 4 is 43.6 Å². The third-order valence-corrected chi connectivity index (χ3v) is 10.5. The van der Waals surface area contributed by atoms with Crippen molar-refractivity contribution in [3.63, 3.8) is 0 Å². The molecule has 1 saturated carbocycles. The quantitative estimate of drug-likeness (QED) is 0.485. The number of benzene rings is 1. The maximum absolute atomic E-state index is 13.8. The predicted octanol–water partition coefficient (Wildman–Crippen LogP) is 1.81. The van der Waals surface area contributed by atoms with Crippen molar-refractivity contribution in [2.75, 3.05) is 18.6 Å². The van der Waals surface area contributed by atoms with Gasteiger partial charge in [-0.1, -0.05) is 43.2 Å². The Kier molecular flexibility index (Phi) is 6.68. The molecule has 4 aliphatic rings. The summed E-state index contributed by atoms with van der Waals surface area (Å²) in [5.41, 5.74) is 0.835. The molecule has 1 aliphatic carbocycles. The second kappa shape index (κ2) is 9.51. The highest BCUT2D eigenvalue weighted by molar-refractivity contribution is 8.05. The molecule has 1 aromatic carbocycles. The third kappa shape index (κ3) is 4.81. The number of thioether (sulfide) groups is 1. The first kappa shape index (κ1) is 25.3. The van der Waals surface area contributed by atoms with E-state index in [0.29, 0.717) is 23.7 Å². The van der Waals surface area contributed by atoms with Gasteiger partial charge in [0.1, 0.15) is 16.2 Å². The second-order valence-electron chi connectivity index (χ2n) is 9.50. The fourth-order valence-electron chi connectivity index (χ4n) is 5.34. The van der Waals surface area contributed by atoms with Crippen LogP contribution in [0.25, 0.3) is 0 Å². The number of aliphatic hydroxyl groups is 1. The Labute approximate surface area is 215 Å². The molecule has 3 unspecified atom stereocenters. The smallest absolute Gasteiger partial charge is 0.283 e. The van der Waals surface area contributed by atoms with Gasteiger partial charge in [-0.05, 0) is 18.4 Å². The number of amides is 1. The van der Waals surface area contributed by atoms with E-state index in [2.05, 4.69) is 14.4 Å². The molecule has 0 bridgehead atoms. The molecule has 1 fully saturated rings. The number of fused-ring (bicyclic) bond motifs is 1. The standard InChI is InChI=1S/C23H28N4O6S3/c1-35(30,31)24-11-15-13-34-22-20(15)36(32,33)26-21(25-22)18-19(28)16-9-5-6-10-17(16)27(23(18)29)12-14-7-3-2-4-8-14/h2-4,7-8,15-17,24,28H,5-6,9-13H2,1H3,(H,25,26). The zero-order valence-corrected chi connectivity index (χ0v) is 22.1. The van der Waals surface area contributed by atoms with E-state index < -0.39 is 31.9 Å². The minimum absolute atomic E-state index is 0.00688. The molecule has 3 aliphatic heterocycles. The zero-order chi connectivity index (χ0) is 25.7. The summed E-state index contributed by atoms with van der Waals surface area (Å²) in [6.07, 6.45) is 4.33. The fraction of sp³-hybridized carbons (Fsp3) is 0.478. The number of rotatable bonds is 6. The minimum Gasteiger partial charge on any atom is -0.511 e. The number of nitrogens with zero attached hydrogens (tertiary/aromatic N) is 2. The molecule has 194 valence electrons. The molecule has 5 rings (SSSR count). The van der Waals surface area contributed by atoms with Crippen LogP contribution in [0.5, 0.6) is 0 Å². The van der Waals surface area contributed by atoms with Gasteiger partial charge in [0.15, 0.2) is 5.84 Å². The number of hydrogen-bond acceptors (Lipinski definition) is 8. The Morgan fingerprint density at radius 1 is 1.22 bits per heavy atom. The van der Waals surface area contributed by atoms with Crippen molar-refractivity contribution in [1.29, 1.82) is 0 Å². The second-order valence-corrected chi connectivity index (χ2v) is 13.9. The highest BCUT2D eigenvalue weighted by Crippen LogP contribution is 2.43. The van der Waals surface area contributed by atoms with Crippen molar-refractivity contribution in [3.8, 4) is 0 Å². The van der Waals surface area contributed by atoms with Gasteiger partial charge >= 0.3 is 0 Å². The average molecular weight is 553 g/mol.